The number of hydrogen-bond donors (Lipinski definition) is 0. The number of benzene rings is 1. The van der Waals surface area contributed by atoms with Crippen LogP contribution in [0.25, 0.3) is 0 Å². The van der Waals surface area contributed by atoms with Gasteiger partial charge in [-0.2, -0.15) is 0 Å². The molecule has 172 valence electrons. The van der Waals surface area contributed by atoms with E-state index in [1.54, 1.807) is 43.1 Å². The molecule has 1 saturated carbocycles. The predicted octanol–water partition coefficient (Wildman–Crippen LogP) is 3.89. The smallest absolute Gasteiger partial charge is 0.257 e. The van der Waals surface area contributed by atoms with E-state index in [-0.39, 0.29) is 11.8 Å². The first kappa shape index (κ1) is 22.4. The maximum atomic E-state index is 13.3. The summed E-state index contributed by atoms with van der Waals surface area (Å²) in [6.07, 6.45) is 7.08. The Labute approximate surface area is 189 Å². The third-order valence-electron chi connectivity index (χ3n) is 6.95. The average molecular weight is 440 g/mol. The quantitative estimate of drug-likeness (QED) is 0.682. The fourth-order valence-corrected chi connectivity index (χ4v) is 5.24. The number of carbonyl (C=O) groups is 2. The first-order chi connectivity index (χ1) is 15.4. The van der Waals surface area contributed by atoms with E-state index in [1.807, 2.05) is 18.2 Å². The van der Waals surface area contributed by atoms with Gasteiger partial charge in [0.1, 0.15) is 11.5 Å². The first-order valence-corrected chi connectivity index (χ1v) is 11.5. The number of hydrogen-bond acceptors (Lipinski definition) is 5. The lowest BCUT2D eigenvalue weighted by Gasteiger charge is -2.30. The van der Waals surface area contributed by atoms with Crippen molar-refractivity contribution in [2.75, 3.05) is 34.3 Å². The molecule has 2 aromatic rings. The average Bonchev–Trinajstić information content (AvgIpc) is 3.47. The van der Waals surface area contributed by atoms with E-state index in [0.29, 0.717) is 43.2 Å². The van der Waals surface area contributed by atoms with Gasteiger partial charge >= 0.3 is 0 Å². The van der Waals surface area contributed by atoms with Crippen LogP contribution in [0, 0.1) is 5.41 Å². The second kappa shape index (κ2) is 9.35. The highest BCUT2D eigenvalue weighted by molar-refractivity contribution is 5.98. The number of rotatable bonds is 6. The topological polar surface area (TPSA) is 75.9 Å². The maximum absolute atomic E-state index is 13.3. The molecule has 32 heavy (non-hydrogen) atoms. The Morgan fingerprint density at radius 2 is 1.97 bits per heavy atom. The number of carbonyl (C=O) groups excluding carboxylic acids is 2. The molecule has 4 rings (SSSR count). The molecule has 2 aliphatic rings. The van der Waals surface area contributed by atoms with Crippen LogP contribution in [-0.2, 0) is 11.2 Å². The molecule has 1 atom stereocenters. The van der Waals surface area contributed by atoms with Crippen molar-refractivity contribution >= 4 is 11.8 Å². The lowest BCUT2D eigenvalue weighted by Crippen LogP contribution is -2.44. The molecule has 1 aliphatic carbocycles. The monoisotopic (exact) mass is 439 g/mol. The molecule has 0 spiro atoms. The Morgan fingerprint density at radius 1 is 1.22 bits per heavy atom. The SMILES string of the molecule is COc1ccccc1C(=O)N1CCC(Cc2cc(C3CCCCC3)no2)(C(=O)N(C)C)C1. The molecule has 7 heteroatoms. The fraction of sp³-hybridized carbons (Fsp3) is 0.560. The molecule has 1 aromatic heterocycles. The van der Waals surface area contributed by atoms with Crippen LogP contribution < -0.4 is 4.74 Å². The highest BCUT2D eigenvalue weighted by Crippen LogP contribution is 2.39. The van der Waals surface area contributed by atoms with E-state index < -0.39 is 5.41 Å². The van der Waals surface area contributed by atoms with E-state index in [9.17, 15) is 9.59 Å². The van der Waals surface area contributed by atoms with Gasteiger partial charge in [-0.15, -0.1) is 0 Å². The van der Waals surface area contributed by atoms with Crippen LogP contribution in [-0.4, -0.2) is 61.1 Å². The van der Waals surface area contributed by atoms with Crippen molar-refractivity contribution in [3.05, 3.63) is 47.3 Å². The number of para-hydroxylation sites is 1. The molecular formula is C25H33N3O4. The van der Waals surface area contributed by atoms with Gasteiger partial charge in [0.05, 0.1) is 23.8 Å². The molecule has 0 radical (unpaired) electrons. The molecule has 0 bridgehead atoms. The largest absolute Gasteiger partial charge is 0.496 e. The van der Waals surface area contributed by atoms with Crippen molar-refractivity contribution in [3.8, 4) is 5.75 Å². The normalized spacial score (nSPS) is 21.5. The molecular weight excluding hydrogens is 406 g/mol. The summed E-state index contributed by atoms with van der Waals surface area (Å²) in [5.74, 6) is 1.63. The molecule has 2 fully saturated rings. The van der Waals surface area contributed by atoms with E-state index in [4.69, 9.17) is 9.26 Å². The van der Waals surface area contributed by atoms with Crippen molar-refractivity contribution in [3.63, 3.8) is 0 Å². The van der Waals surface area contributed by atoms with E-state index >= 15 is 0 Å². The summed E-state index contributed by atoms with van der Waals surface area (Å²) in [4.78, 5) is 29.9. The van der Waals surface area contributed by atoms with Gasteiger partial charge in [0.25, 0.3) is 5.91 Å². The predicted molar refractivity (Wildman–Crippen MR) is 121 cm³/mol. The summed E-state index contributed by atoms with van der Waals surface area (Å²) < 4.78 is 11.1. The third-order valence-corrected chi connectivity index (χ3v) is 6.95. The van der Waals surface area contributed by atoms with Crippen molar-refractivity contribution in [2.24, 2.45) is 5.41 Å². The highest BCUT2D eigenvalue weighted by atomic mass is 16.5. The van der Waals surface area contributed by atoms with Gasteiger partial charge in [0.15, 0.2) is 0 Å². The number of nitrogens with zero attached hydrogens (tertiary/aromatic N) is 3. The number of aromatic nitrogens is 1. The molecule has 2 heterocycles. The Kier molecular flexibility index (Phi) is 6.53. The summed E-state index contributed by atoms with van der Waals surface area (Å²) in [5, 5.41) is 4.34. The molecule has 1 aromatic carbocycles. The zero-order valence-corrected chi connectivity index (χ0v) is 19.3. The Bertz CT molecular complexity index is 964. The number of likely N-dealkylation sites (tertiary alicyclic amines) is 1. The van der Waals surface area contributed by atoms with Crippen molar-refractivity contribution in [1.29, 1.82) is 0 Å². The second-order valence-corrected chi connectivity index (χ2v) is 9.39. The molecule has 1 saturated heterocycles. The number of ether oxygens (including phenoxy) is 1. The lowest BCUT2D eigenvalue weighted by molar-refractivity contribution is -0.139. The third kappa shape index (κ3) is 4.38. The minimum Gasteiger partial charge on any atom is -0.496 e. The van der Waals surface area contributed by atoms with Crippen LogP contribution in [0.3, 0.4) is 0 Å². The summed E-state index contributed by atoms with van der Waals surface area (Å²) in [6, 6.07) is 9.24. The van der Waals surface area contributed by atoms with Crippen LogP contribution in [0.5, 0.6) is 5.75 Å². The van der Waals surface area contributed by atoms with Crippen molar-refractivity contribution in [1.82, 2.24) is 15.0 Å². The van der Waals surface area contributed by atoms with Gasteiger partial charge in [-0.3, -0.25) is 9.59 Å². The summed E-state index contributed by atoms with van der Waals surface area (Å²) in [5.41, 5.74) is 0.805. The van der Waals surface area contributed by atoms with Crippen molar-refractivity contribution < 1.29 is 18.8 Å². The van der Waals surface area contributed by atoms with Crippen LogP contribution in [0.2, 0.25) is 0 Å². The molecule has 7 nitrogen and oxygen atoms in total. The molecule has 2 amide bonds. The van der Waals surface area contributed by atoms with E-state index in [1.165, 1.54) is 19.3 Å². The standard InChI is InChI=1S/C25H33N3O4/c1-27(2)24(30)25(16-19-15-21(26-32-19)18-9-5-4-6-10-18)13-14-28(17-25)23(29)20-11-7-8-12-22(20)31-3/h7-8,11-12,15,18H,4-6,9-10,13-14,16-17H2,1-3H3. The highest BCUT2D eigenvalue weighted by Gasteiger charge is 2.48. The minimum absolute atomic E-state index is 0.0171. The van der Waals surface area contributed by atoms with Gasteiger partial charge < -0.3 is 19.1 Å². The summed E-state index contributed by atoms with van der Waals surface area (Å²) in [7, 11) is 5.09. The second-order valence-electron chi connectivity index (χ2n) is 9.39. The van der Waals surface area contributed by atoms with Gasteiger partial charge in [-0.1, -0.05) is 36.6 Å². The number of methoxy groups -OCH3 is 1. The van der Waals surface area contributed by atoms with Crippen LogP contribution >= 0.6 is 0 Å². The summed E-state index contributed by atoms with van der Waals surface area (Å²) >= 11 is 0. The fourth-order valence-electron chi connectivity index (χ4n) is 5.24. The van der Waals surface area contributed by atoms with Gasteiger partial charge in [-0.05, 0) is 31.4 Å². The zero-order valence-electron chi connectivity index (χ0n) is 19.3. The molecule has 1 aliphatic heterocycles. The van der Waals surface area contributed by atoms with Gasteiger partial charge in [0.2, 0.25) is 5.91 Å². The minimum atomic E-state index is -0.718. The van der Waals surface area contributed by atoms with E-state index in [0.717, 1.165) is 24.3 Å². The lowest BCUT2D eigenvalue weighted by atomic mass is 9.80. The van der Waals surface area contributed by atoms with Crippen LogP contribution in [0.4, 0.5) is 0 Å². The first-order valence-electron chi connectivity index (χ1n) is 11.5. The molecule has 0 N–H and O–H groups in total. The summed E-state index contributed by atoms with van der Waals surface area (Å²) in [6.45, 7) is 0.862. The number of amides is 2. The van der Waals surface area contributed by atoms with Crippen molar-refractivity contribution in [2.45, 2.75) is 50.9 Å². The Morgan fingerprint density at radius 3 is 2.69 bits per heavy atom. The zero-order chi connectivity index (χ0) is 22.7. The van der Waals surface area contributed by atoms with Gasteiger partial charge in [-0.25, -0.2) is 0 Å². The van der Waals surface area contributed by atoms with Crippen LogP contribution in [0.1, 0.15) is 66.3 Å². The van der Waals surface area contributed by atoms with E-state index in [2.05, 4.69) is 5.16 Å². The Balaban J connectivity index is 1.55. The Hall–Kier alpha value is -2.83. The molecule has 1 unspecified atom stereocenters. The maximum Gasteiger partial charge on any atom is 0.257 e. The van der Waals surface area contributed by atoms with Gasteiger partial charge in [0, 0.05) is 45.6 Å². The van der Waals surface area contributed by atoms with Crippen LogP contribution in [0.15, 0.2) is 34.9 Å².